The largest absolute Gasteiger partial charge is 0.465 e. The second-order valence-corrected chi connectivity index (χ2v) is 4.80. The molecule has 0 atom stereocenters. The molecule has 0 amide bonds. The van der Waals surface area contributed by atoms with E-state index in [4.69, 9.17) is 0 Å². The first-order valence-corrected chi connectivity index (χ1v) is 6.45. The monoisotopic (exact) mass is 265 g/mol. The van der Waals surface area contributed by atoms with Gasteiger partial charge in [-0.3, -0.25) is 9.78 Å². The lowest BCUT2D eigenvalue weighted by molar-refractivity contribution is -0.109. The van der Waals surface area contributed by atoms with Gasteiger partial charge in [0.05, 0.1) is 12.7 Å². The van der Waals surface area contributed by atoms with Crippen molar-refractivity contribution in [3.63, 3.8) is 0 Å². The first-order valence-electron chi connectivity index (χ1n) is 5.46. The fraction of sp³-hybridized carbons (Fsp3) is 0.308. The zero-order valence-corrected chi connectivity index (χ0v) is 11.2. The second kappa shape index (κ2) is 7.66. The number of carbonyl (C=O) groups excluding carboxylic acids is 2. The van der Waals surface area contributed by atoms with Gasteiger partial charge in [-0.25, -0.2) is 4.79 Å². The Morgan fingerprint density at radius 1 is 1.44 bits per heavy atom. The summed E-state index contributed by atoms with van der Waals surface area (Å²) in [7, 11) is 1.34. The Bertz CT molecular complexity index is 457. The molecule has 18 heavy (non-hydrogen) atoms. The molecular formula is C13H15NO3S. The number of esters is 1. The molecule has 0 aromatic carbocycles. The molecule has 0 unspecified atom stereocenters. The number of nitrogens with zero attached hydrogens (tertiary/aromatic N) is 1. The number of pyridine rings is 1. The molecule has 96 valence electrons. The number of rotatable bonds is 5. The Morgan fingerprint density at radius 2 is 2.22 bits per heavy atom. The van der Waals surface area contributed by atoms with Crippen LogP contribution < -0.4 is 0 Å². The summed E-state index contributed by atoms with van der Waals surface area (Å²) in [5, 5.41) is 0.123. The molecule has 0 spiro atoms. The Balaban J connectivity index is 2.54. The third-order valence-corrected chi connectivity index (χ3v) is 2.93. The van der Waals surface area contributed by atoms with E-state index in [-0.39, 0.29) is 5.12 Å². The van der Waals surface area contributed by atoms with Crippen LogP contribution in [0.15, 0.2) is 24.5 Å². The highest BCUT2D eigenvalue weighted by Gasteiger charge is 2.04. The molecule has 0 aliphatic carbocycles. The van der Waals surface area contributed by atoms with Crippen LogP contribution in [0.3, 0.4) is 0 Å². The molecule has 1 rings (SSSR count). The van der Waals surface area contributed by atoms with E-state index < -0.39 is 5.97 Å². The molecule has 0 fully saturated rings. The van der Waals surface area contributed by atoms with Gasteiger partial charge in [-0.1, -0.05) is 23.9 Å². The minimum atomic E-state index is -0.398. The van der Waals surface area contributed by atoms with Crippen molar-refractivity contribution in [3.05, 3.63) is 35.7 Å². The van der Waals surface area contributed by atoms with E-state index in [0.29, 0.717) is 5.56 Å². The normalized spacial score (nSPS) is 10.6. The lowest BCUT2D eigenvalue weighted by Crippen LogP contribution is -2.01. The quantitative estimate of drug-likeness (QED) is 0.605. The van der Waals surface area contributed by atoms with Gasteiger partial charge in [-0.2, -0.15) is 0 Å². The van der Waals surface area contributed by atoms with E-state index in [9.17, 15) is 9.59 Å². The standard InChI is InChI=1S/C13H15NO3S/c1-10(15)18-6-4-3-5-11-7-12(9-14-8-11)13(16)17-2/h3,5,7-9H,4,6H2,1-2H3. The van der Waals surface area contributed by atoms with Gasteiger partial charge in [-0.05, 0) is 18.1 Å². The van der Waals surface area contributed by atoms with Crippen molar-refractivity contribution < 1.29 is 14.3 Å². The first-order chi connectivity index (χ1) is 8.63. The summed E-state index contributed by atoms with van der Waals surface area (Å²) in [4.78, 5) is 26.0. The molecule has 0 N–H and O–H groups in total. The first kappa shape index (κ1) is 14.4. The van der Waals surface area contributed by atoms with Gasteiger partial charge >= 0.3 is 5.97 Å². The number of hydrogen-bond donors (Lipinski definition) is 0. The highest BCUT2D eigenvalue weighted by Crippen LogP contribution is 2.08. The second-order valence-electron chi connectivity index (χ2n) is 3.53. The summed E-state index contributed by atoms with van der Waals surface area (Å²) in [6.45, 7) is 1.55. The minimum absolute atomic E-state index is 0.123. The summed E-state index contributed by atoms with van der Waals surface area (Å²) < 4.78 is 4.62. The number of aromatic nitrogens is 1. The van der Waals surface area contributed by atoms with Crippen molar-refractivity contribution in [1.29, 1.82) is 0 Å². The van der Waals surface area contributed by atoms with Crippen LogP contribution in [-0.4, -0.2) is 28.9 Å². The summed E-state index contributed by atoms with van der Waals surface area (Å²) in [6.07, 6.45) is 7.76. The van der Waals surface area contributed by atoms with Crippen LogP contribution in [-0.2, 0) is 9.53 Å². The van der Waals surface area contributed by atoms with E-state index in [1.807, 2.05) is 12.2 Å². The van der Waals surface area contributed by atoms with E-state index in [0.717, 1.165) is 17.7 Å². The number of hydrogen-bond acceptors (Lipinski definition) is 5. The SMILES string of the molecule is COC(=O)c1cncc(C=CCCSC(C)=O)c1. The Kier molecular flexibility index (Phi) is 6.14. The Hall–Kier alpha value is -1.62. The third-order valence-electron chi connectivity index (χ3n) is 2.08. The van der Waals surface area contributed by atoms with Crippen LogP contribution in [0, 0.1) is 0 Å². The molecule has 0 aliphatic rings. The van der Waals surface area contributed by atoms with Crippen molar-refractivity contribution in [2.24, 2.45) is 0 Å². The van der Waals surface area contributed by atoms with E-state index in [1.54, 1.807) is 19.2 Å². The van der Waals surface area contributed by atoms with E-state index in [1.165, 1.54) is 25.1 Å². The van der Waals surface area contributed by atoms with Crippen LogP contribution in [0.4, 0.5) is 0 Å². The van der Waals surface area contributed by atoms with Crippen molar-refractivity contribution >= 4 is 28.9 Å². The molecule has 0 saturated carbocycles. The van der Waals surface area contributed by atoms with Gasteiger partial charge < -0.3 is 4.74 Å². The third kappa shape index (κ3) is 5.14. The lowest BCUT2D eigenvalue weighted by atomic mass is 10.2. The fourth-order valence-corrected chi connectivity index (χ4v) is 1.81. The molecule has 0 saturated heterocycles. The van der Waals surface area contributed by atoms with Gasteiger partial charge in [0.15, 0.2) is 5.12 Å². The Morgan fingerprint density at radius 3 is 2.89 bits per heavy atom. The maximum absolute atomic E-state index is 11.3. The van der Waals surface area contributed by atoms with Crippen molar-refractivity contribution in [2.45, 2.75) is 13.3 Å². The predicted octanol–water partition coefficient (Wildman–Crippen LogP) is 2.55. The number of ether oxygens (including phenoxy) is 1. The van der Waals surface area contributed by atoms with Crippen molar-refractivity contribution in [1.82, 2.24) is 4.98 Å². The van der Waals surface area contributed by atoms with Gasteiger partial charge in [0, 0.05) is 25.1 Å². The molecule has 1 aromatic heterocycles. The molecule has 4 nitrogen and oxygen atoms in total. The fourth-order valence-electron chi connectivity index (χ4n) is 1.27. The van der Waals surface area contributed by atoms with Crippen LogP contribution in [0.5, 0.6) is 0 Å². The van der Waals surface area contributed by atoms with Crippen LogP contribution in [0.2, 0.25) is 0 Å². The predicted molar refractivity (Wildman–Crippen MR) is 72.4 cm³/mol. The van der Waals surface area contributed by atoms with Gasteiger partial charge in [0.1, 0.15) is 0 Å². The Labute approximate surface area is 110 Å². The molecule has 5 heteroatoms. The van der Waals surface area contributed by atoms with Crippen molar-refractivity contribution in [2.75, 3.05) is 12.9 Å². The van der Waals surface area contributed by atoms with E-state index >= 15 is 0 Å². The van der Waals surface area contributed by atoms with Gasteiger partial charge in [0.25, 0.3) is 0 Å². The average Bonchev–Trinajstić information content (AvgIpc) is 2.37. The van der Waals surface area contributed by atoms with Crippen LogP contribution in [0.25, 0.3) is 6.08 Å². The molecular weight excluding hydrogens is 250 g/mol. The summed E-state index contributed by atoms with van der Waals surface area (Å²) in [5.41, 5.74) is 1.27. The maximum Gasteiger partial charge on any atom is 0.339 e. The number of carbonyl (C=O) groups is 2. The average molecular weight is 265 g/mol. The molecule has 1 aromatic rings. The molecule has 0 bridgehead atoms. The minimum Gasteiger partial charge on any atom is -0.465 e. The smallest absolute Gasteiger partial charge is 0.339 e. The summed E-state index contributed by atoms with van der Waals surface area (Å²) in [5.74, 6) is 0.362. The van der Waals surface area contributed by atoms with Crippen molar-refractivity contribution in [3.8, 4) is 0 Å². The number of thioether (sulfide) groups is 1. The highest BCUT2D eigenvalue weighted by atomic mass is 32.2. The lowest BCUT2D eigenvalue weighted by Gasteiger charge is -1.99. The van der Waals surface area contributed by atoms with Gasteiger partial charge in [0.2, 0.25) is 0 Å². The van der Waals surface area contributed by atoms with Crippen LogP contribution in [0.1, 0.15) is 29.3 Å². The topological polar surface area (TPSA) is 56.3 Å². The van der Waals surface area contributed by atoms with Crippen LogP contribution >= 0.6 is 11.8 Å². The zero-order valence-electron chi connectivity index (χ0n) is 10.4. The van der Waals surface area contributed by atoms with E-state index in [2.05, 4.69) is 9.72 Å². The number of methoxy groups -OCH3 is 1. The molecule has 0 radical (unpaired) electrons. The summed E-state index contributed by atoms with van der Waals surface area (Å²) >= 11 is 1.30. The summed E-state index contributed by atoms with van der Waals surface area (Å²) in [6, 6.07) is 1.72. The molecule has 0 aliphatic heterocycles. The van der Waals surface area contributed by atoms with Gasteiger partial charge in [-0.15, -0.1) is 0 Å². The maximum atomic E-state index is 11.3. The molecule has 1 heterocycles. The highest BCUT2D eigenvalue weighted by molar-refractivity contribution is 8.13. The zero-order chi connectivity index (χ0) is 13.4. The number of allylic oxidation sites excluding steroid dienone is 1.